The van der Waals surface area contributed by atoms with Gasteiger partial charge in [-0.3, -0.25) is 4.79 Å². The molecule has 1 saturated carbocycles. The lowest BCUT2D eigenvalue weighted by Crippen LogP contribution is -2.25. The van der Waals surface area contributed by atoms with Gasteiger partial charge in [0.25, 0.3) is 5.91 Å². The number of carbonyl (C=O) groups is 1. The molecule has 0 saturated heterocycles. The van der Waals surface area contributed by atoms with Crippen LogP contribution in [0.1, 0.15) is 35.2 Å². The Hall–Kier alpha value is -1.61. The highest BCUT2D eigenvalue weighted by atomic mass is 16.1. The Balaban J connectivity index is 1.94. The first-order valence-electron chi connectivity index (χ1n) is 6.07. The van der Waals surface area contributed by atoms with Gasteiger partial charge in [-0.1, -0.05) is 24.3 Å². The molecule has 3 nitrogen and oxygen atoms in total. The van der Waals surface area contributed by atoms with Gasteiger partial charge < -0.3 is 11.1 Å². The SMILES string of the molecule is NCCC=Cc1ccc(C(=O)NC2CC2)cc1. The number of hydrogen-bond acceptors (Lipinski definition) is 2. The lowest BCUT2D eigenvalue weighted by molar-refractivity contribution is 0.0951. The molecule has 3 N–H and O–H groups in total. The molecular weight excluding hydrogens is 212 g/mol. The third-order valence-electron chi connectivity index (χ3n) is 2.73. The summed E-state index contributed by atoms with van der Waals surface area (Å²) in [7, 11) is 0. The van der Waals surface area contributed by atoms with Crippen molar-refractivity contribution in [3.8, 4) is 0 Å². The van der Waals surface area contributed by atoms with Gasteiger partial charge in [-0.25, -0.2) is 0 Å². The maximum atomic E-state index is 11.7. The molecule has 0 aromatic heterocycles. The Morgan fingerprint density at radius 1 is 1.35 bits per heavy atom. The number of carbonyl (C=O) groups excluding carboxylic acids is 1. The zero-order chi connectivity index (χ0) is 12.1. The summed E-state index contributed by atoms with van der Waals surface area (Å²) in [4.78, 5) is 11.7. The van der Waals surface area contributed by atoms with Crippen molar-refractivity contribution in [2.24, 2.45) is 5.73 Å². The molecule has 1 aromatic rings. The Labute approximate surface area is 102 Å². The molecule has 1 aromatic carbocycles. The fourth-order valence-corrected chi connectivity index (χ4v) is 1.56. The number of rotatable bonds is 5. The zero-order valence-corrected chi connectivity index (χ0v) is 9.86. The van der Waals surface area contributed by atoms with Crippen LogP contribution in [0.2, 0.25) is 0 Å². The minimum Gasteiger partial charge on any atom is -0.349 e. The van der Waals surface area contributed by atoms with Crippen molar-refractivity contribution in [2.75, 3.05) is 6.54 Å². The first-order valence-corrected chi connectivity index (χ1v) is 6.07. The van der Waals surface area contributed by atoms with Crippen molar-refractivity contribution >= 4 is 12.0 Å². The van der Waals surface area contributed by atoms with Gasteiger partial charge in [0.15, 0.2) is 0 Å². The summed E-state index contributed by atoms with van der Waals surface area (Å²) in [6.45, 7) is 0.665. The average Bonchev–Trinajstić information content (AvgIpc) is 3.14. The van der Waals surface area contributed by atoms with Crippen molar-refractivity contribution < 1.29 is 4.79 Å². The van der Waals surface area contributed by atoms with Crippen LogP contribution in [0.3, 0.4) is 0 Å². The molecule has 1 aliphatic rings. The molecule has 17 heavy (non-hydrogen) atoms. The van der Waals surface area contributed by atoms with Gasteiger partial charge >= 0.3 is 0 Å². The van der Waals surface area contributed by atoms with Crippen LogP contribution >= 0.6 is 0 Å². The minimum absolute atomic E-state index is 0.0324. The largest absolute Gasteiger partial charge is 0.349 e. The van der Waals surface area contributed by atoms with E-state index in [2.05, 4.69) is 5.32 Å². The number of benzene rings is 1. The third kappa shape index (κ3) is 3.71. The normalized spacial score (nSPS) is 15.1. The van der Waals surface area contributed by atoms with Gasteiger partial charge in [0, 0.05) is 11.6 Å². The number of nitrogens with two attached hydrogens (primary N) is 1. The van der Waals surface area contributed by atoms with Crippen LogP contribution in [-0.2, 0) is 0 Å². The predicted molar refractivity (Wildman–Crippen MR) is 69.6 cm³/mol. The fourth-order valence-electron chi connectivity index (χ4n) is 1.56. The number of nitrogens with one attached hydrogen (secondary N) is 1. The first kappa shape index (κ1) is 11.9. The van der Waals surface area contributed by atoms with Gasteiger partial charge in [-0.15, -0.1) is 0 Å². The molecule has 0 unspecified atom stereocenters. The van der Waals surface area contributed by atoms with Gasteiger partial charge in [-0.05, 0) is 43.5 Å². The third-order valence-corrected chi connectivity index (χ3v) is 2.73. The van der Waals surface area contributed by atoms with Crippen LogP contribution in [0.15, 0.2) is 30.3 Å². The topological polar surface area (TPSA) is 55.1 Å². The van der Waals surface area contributed by atoms with Gasteiger partial charge in [0.05, 0.1) is 0 Å². The summed E-state index contributed by atoms with van der Waals surface area (Å²) in [5.41, 5.74) is 7.23. The van der Waals surface area contributed by atoms with Crippen LogP contribution in [-0.4, -0.2) is 18.5 Å². The second-order valence-corrected chi connectivity index (χ2v) is 4.35. The smallest absolute Gasteiger partial charge is 0.251 e. The van der Waals surface area contributed by atoms with Crippen LogP contribution in [0.25, 0.3) is 6.08 Å². The highest BCUT2D eigenvalue weighted by Crippen LogP contribution is 2.19. The Kier molecular flexibility index (Phi) is 3.94. The zero-order valence-electron chi connectivity index (χ0n) is 9.86. The second kappa shape index (κ2) is 5.64. The van der Waals surface area contributed by atoms with E-state index in [1.807, 2.05) is 36.4 Å². The molecule has 90 valence electrons. The van der Waals surface area contributed by atoms with Crippen molar-refractivity contribution in [1.82, 2.24) is 5.32 Å². The van der Waals surface area contributed by atoms with E-state index in [0.717, 1.165) is 30.4 Å². The number of hydrogen-bond donors (Lipinski definition) is 2. The summed E-state index contributed by atoms with van der Waals surface area (Å²) < 4.78 is 0. The predicted octanol–water partition coefficient (Wildman–Crippen LogP) is 1.94. The standard InChI is InChI=1S/C14H18N2O/c15-10-2-1-3-11-4-6-12(7-5-11)14(17)16-13-8-9-13/h1,3-7,13H,2,8-10,15H2,(H,16,17). The first-order chi connectivity index (χ1) is 8.29. The van der Waals surface area contributed by atoms with Crippen LogP contribution in [0, 0.1) is 0 Å². The molecule has 2 rings (SSSR count). The monoisotopic (exact) mass is 230 g/mol. The molecule has 0 spiro atoms. The summed E-state index contributed by atoms with van der Waals surface area (Å²) in [6, 6.07) is 8.04. The Morgan fingerprint density at radius 3 is 2.65 bits per heavy atom. The lowest BCUT2D eigenvalue weighted by Gasteiger charge is -2.03. The maximum Gasteiger partial charge on any atom is 0.251 e. The van der Waals surface area contributed by atoms with E-state index >= 15 is 0 Å². The summed E-state index contributed by atoms with van der Waals surface area (Å²) >= 11 is 0. The average molecular weight is 230 g/mol. The maximum absolute atomic E-state index is 11.7. The molecule has 0 atom stereocenters. The highest BCUT2D eigenvalue weighted by molar-refractivity contribution is 5.94. The number of amides is 1. The molecule has 0 aliphatic heterocycles. The lowest BCUT2D eigenvalue weighted by atomic mass is 10.1. The van der Waals surface area contributed by atoms with Crippen LogP contribution < -0.4 is 11.1 Å². The molecule has 0 bridgehead atoms. The Morgan fingerprint density at radius 2 is 2.06 bits per heavy atom. The molecule has 3 heteroatoms. The van der Waals surface area contributed by atoms with E-state index in [-0.39, 0.29) is 5.91 Å². The molecule has 1 amide bonds. The van der Waals surface area contributed by atoms with Crippen molar-refractivity contribution in [1.29, 1.82) is 0 Å². The van der Waals surface area contributed by atoms with Crippen molar-refractivity contribution in [3.63, 3.8) is 0 Å². The molecular formula is C14H18N2O. The molecule has 0 radical (unpaired) electrons. The molecule has 1 fully saturated rings. The summed E-state index contributed by atoms with van der Waals surface area (Å²) in [6.07, 6.45) is 7.18. The van der Waals surface area contributed by atoms with E-state index < -0.39 is 0 Å². The fraction of sp³-hybridized carbons (Fsp3) is 0.357. The van der Waals surface area contributed by atoms with E-state index in [0.29, 0.717) is 12.6 Å². The minimum atomic E-state index is 0.0324. The van der Waals surface area contributed by atoms with Gasteiger partial charge in [0.2, 0.25) is 0 Å². The van der Waals surface area contributed by atoms with E-state index in [9.17, 15) is 4.79 Å². The van der Waals surface area contributed by atoms with E-state index in [1.165, 1.54) is 0 Å². The van der Waals surface area contributed by atoms with E-state index in [1.54, 1.807) is 0 Å². The summed E-state index contributed by atoms with van der Waals surface area (Å²) in [5, 5.41) is 2.97. The summed E-state index contributed by atoms with van der Waals surface area (Å²) in [5.74, 6) is 0.0324. The van der Waals surface area contributed by atoms with Crippen molar-refractivity contribution in [3.05, 3.63) is 41.5 Å². The van der Waals surface area contributed by atoms with Crippen LogP contribution in [0.4, 0.5) is 0 Å². The Bertz CT molecular complexity index is 405. The van der Waals surface area contributed by atoms with E-state index in [4.69, 9.17) is 5.73 Å². The van der Waals surface area contributed by atoms with Crippen molar-refractivity contribution in [2.45, 2.75) is 25.3 Å². The van der Waals surface area contributed by atoms with Gasteiger partial charge in [0.1, 0.15) is 0 Å². The molecule has 0 heterocycles. The molecule has 1 aliphatic carbocycles. The van der Waals surface area contributed by atoms with Gasteiger partial charge in [-0.2, -0.15) is 0 Å². The van der Waals surface area contributed by atoms with Crippen LogP contribution in [0.5, 0.6) is 0 Å². The quantitative estimate of drug-likeness (QED) is 0.812. The second-order valence-electron chi connectivity index (χ2n) is 4.35. The highest BCUT2D eigenvalue weighted by Gasteiger charge is 2.23.